The Morgan fingerprint density at radius 1 is 1.67 bits per heavy atom. The molecule has 0 aliphatic heterocycles. The molecule has 0 aliphatic rings. The van der Waals surface area contributed by atoms with Crippen LogP contribution in [-0.4, -0.2) is 38.6 Å². The lowest BCUT2D eigenvalue weighted by molar-refractivity contribution is 0.589. The molecule has 0 amide bonds. The molecule has 1 aromatic rings. The second kappa shape index (κ2) is 6.02. The minimum atomic E-state index is -0.718. The third-order valence-electron chi connectivity index (χ3n) is 2.15. The molecule has 1 aromatic heterocycles. The first-order valence-corrected chi connectivity index (χ1v) is 6.81. The van der Waals surface area contributed by atoms with Crippen molar-refractivity contribution in [1.82, 2.24) is 15.1 Å². The standard InChI is InChI=1S/C10H19N3OS/c1-9(8-15(3)14)11-5-4-10-6-12-13(2)7-10/h6-7,9,11H,4-5,8H2,1-3H3. The molecule has 5 heteroatoms. The fourth-order valence-electron chi connectivity index (χ4n) is 1.47. The Bertz CT molecular complexity index is 324. The SMILES string of the molecule is CC(CS(C)=O)NCCc1cnn(C)c1. The summed E-state index contributed by atoms with van der Waals surface area (Å²) < 4.78 is 12.8. The van der Waals surface area contributed by atoms with Gasteiger partial charge in [-0.25, -0.2) is 0 Å². The lowest BCUT2D eigenvalue weighted by atomic mass is 10.2. The second-order valence-corrected chi connectivity index (χ2v) is 5.35. The number of nitrogens with zero attached hydrogens (tertiary/aromatic N) is 2. The van der Waals surface area contributed by atoms with Crippen molar-refractivity contribution in [3.63, 3.8) is 0 Å². The molecule has 0 fully saturated rings. The second-order valence-electron chi connectivity index (χ2n) is 3.87. The maximum absolute atomic E-state index is 10.9. The molecule has 0 aliphatic carbocycles. The summed E-state index contributed by atoms with van der Waals surface area (Å²) in [7, 11) is 1.20. The van der Waals surface area contributed by atoms with Crippen LogP contribution < -0.4 is 5.32 Å². The van der Waals surface area contributed by atoms with Gasteiger partial charge in [0, 0.05) is 42.1 Å². The van der Waals surface area contributed by atoms with Crippen LogP contribution >= 0.6 is 0 Å². The highest BCUT2D eigenvalue weighted by atomic mass is 32.2. The van der Waals surface area contributed by atoms with Gasteiger partial charge in [-0.3, -0.25) is 8.89 Å². The van der Waals surface area contributed by atoms with E-state index in [-0.39, 0.29) is 0 Å². The molecule has 1 rings (SSSR count). The fraction of sp³-hybridized carbons (Fsp3) is 0.700. The predicted molar refractivity (Wildman–Crippen MR) is 63.3 cm³/mol. The Kier molecular flexibility index (Phi) is 4.98. The first kappa shape index (κ1) is 12.4. The minimum absolute atomic E-state index is 0.313. The highest BCUT2D eigenvalue weighted by molar-refractivity contribution is 7.84. The van der Waals surface area contributed by atoms with Gasteiger partial charge < -0.3 is 5.32 Å². The van der Waals surface area contributed by atoms with Crippen LogP contribution in [0.5, 0.6) is 0 Å². The molecule has 0 spiro atoms. The molecular formula is C10H19N3OS. The van der Waals surface area contributed by atoms with Gasteiger partial charge in [-0.2, -0.15) is 5.10 Å². The summed E-state index contributed by atoms with van der Waals surface area (Å²) in [6.45, 7) is 2.97. The Labute approximate surface area is 93.5 Å². The molecule has 0 radical (unpaired) electrons. The third-order valence-corrected chi connectivity index (χ3v) is 3.12. The lowest BCUT2D eigenvalue weighted by Gasteiger charge is -2.11. The molecule has 0 aromatic carbocycles. The summed E-state index contributed by atoms with van der Waals surface area (Å²) >= 11 is 0. The molecule has 1 heterocycles. The number of nitrogens with one attached hydrogen (secondary N) is 1. The van der Waals surface area contributed by atoms with Crippen molar-refractivity contribution in [3.05, 3.63) is 18.0 Å². The van der Waals surface area contributed by atoms with E-state index < -0.39 is 10.8 Å². The molecule has 15 heavy (non-hydrogen) atoms. The Morgan fingerprint density at radius 2 is 2.40 bits per heavy atom. The Hall–Kier alpha value is -0.680. The van der Waals surface area contributed by atoms with E-state index in [4.69, 9.17) is 0 Å². The predicted octanol–water partition coefficient (Wildman–Crippen LogP) is 0.319. The van der Waals surface area contributed by atoms with Crippen LogP contribution in [0.2, 0.25) is 0 Å². The minimum Gasteiger partial charge on any atom is -0.313 e. The van der Waals surface area contributed by atoms with E-state index in [0.29, 0.717) is 11.8 Å². The Morgan fingerprint density at radius 3 is 2.93 bits per heavy atom. The fourth-order valence-corrected chi connectivity index (χ4v) is 2.30. The van der Waals surface area contributed by atoms with Crippen molar-refractivity contribution in [1.29, 1.82) is 0 Å². The first-order valence-electron chi connectivity index (χ1n) is 5.09. The van der Waals surface area contributed by atoms with Gasteiger partial charge in [0.1, 0.15) is 0 Å². The number of aromatic nitrogens is 2. The molecule has 0 bridgehead atoms. The van der Waals surface area contributed by atoms with E-state index in [0.717, 1.165) is 13.0 Å². The van der Waals surface area contributed by atoms with E-state index in [2.05, 4.69) is 17.3 Å². The van der Waals surface area contributed by atoms with Crippen LogP contribution in [0.15, 0.2) is 12.4 Å². The van der Waals surface area contributed by atoms with Crippen molar-refractivity contribution in [3.8, 4) is 0 Å². The highest BCUT2D eigenvalue weighted by Gasteiger charge is 2.03. The van der Waals surface area contributed by atoms with Gasteiger partial charge in [-0.05, 0) is 25.5 Å². The van der Waals surface area contributed by atoms with Gasteiger partial charge >= 0.3 is 0 Å². The molecule has 2 atom stereocenters. The summed E-state index contributed by atoms with van der Waals surface area (Å²) in [6.07, 6.45) is 6.60. The van der Waals surface area contributed by atoms with E-state index in [1.165, 1.54) is 5.56 Å². The molecule has 86 valence electrons. The summed E-state index contributed by atoms with van der Waals surface area (Å²) in [5, 5.41) is 7.44. The van der Waals surface area contributed by atoms with Crippen molar-refractivity contribution in [2.75, 3.05) is 18.6 Å². The highest BCUT2D eigenvalue weighted by Crippen LogP contribution is 1.96. The largest absolute Gasteiger partial charge is 0.313 e. The molecule has 0 saturated heterocycles. The van der Waals surface area contributed by atoms with Crippen molar-refractivity contribution < 1.29 is 4.21 Å². The van der Waals surface area contributed by atoms with Gasteiger partial charge in [-0.1, -0.05) is 0 Å². The van der Waals surface area contributed by atoms with Crippen LogP contribution in [0.1, 0.15) is 12.5 Å². The lowest BCUT2D eigenvalue weighted by Crippen LogP contribution is -2.32. The number of rotatable bonds is 6. The van der Waals surface area contributed by atoms with Crippen LogP contribution in [0.4, 0.5) is 0 Å². The molecule has 1 N–H and O–H groups in total. The molecular weight excluding hydrogens is 210 g/mol. The van der Waals surface area contributed by atoms with Crippen LogP contribution in [0.25, 0.3) is 0 Å². The van der Waals surface area contributed by atoms with Crippen LogP contribution in [0.3, 0.4) is 0 Å². The average Bonchev–Trinajstić information content (AvgIpc) is 2.50. The van der Waals surface area contributed by atoms with Gasteiger partial charge in [0.2, 0.25) is 0 Å². The third kappa shape index (κ3) is 5.09. The monoisotopic (exact) mass is 229 g/mol. The van der Waals surface area contributed by atoms with Gasteiger partial charge in [0.05, 0.1) is 6.20 Å². The maximum Gasteiger partial charge on any atom is 0.0522 e. The smallest absolute Gasteiger partial charge is 0.0522 e. The van der Waals surface area contributed by atoms with Crippen molar-refractivity contribution in [2.24, 2.45) is 7.05 Å². The van der Waals surface area contributed by atoms with Crippen molar-refractivity contribution >= 4 is 10.8 Å². The normalized spacial score (nSPS) is 15.1. The zero-order valence-electron chi connectivity index (χ0n) is 9.56. The average molecular weight is 229 g/mol. The van der Waals surface area contributed by atoms with Crippen LogP contribution in [-0.2, 0) is 24.3 Å². The zero-order chi connectivity index (χ0) is 11.3. The van der Waals surface area contributed by atoms with Crippen LogP contribution in [0, 0.1) is 0 Å². The first-order chi connectivity index (χ1) is 7.08. The van der Waals surface area contributed by atoms with E-state index in [1.807, 2.05) is 19.4 Å². The van der Waals surface area contributed by atoms with E-state index in [1.54, 1.807) is 10.9 Å². The summed E-state index contributed by atoms with van der Waals surface area (Å²) in [5.41, 5.74) is 1.23. The van der Waals surface area contributed by atoms with Gasteiger partial charge in [0.15, 0.2) is 0 Å². The summed E-state index contributed by atoms with van der Waals surface area (Å²) in [6, 6.07) is 0.313. The van der Waals surface area contributed by atoms with Gasteiger partial charge in [-0.15, -0.1) is 0 Å². The number of hydrogen-bond acceptors (Lipinski definition) is 3. The molecule has 4 nitrogen and oxygen atoms in total. The maximum atomic E-state index is 10.9. The van der Waals surface area contributed by atoms with E-state index >= 15 is 0 Å². The van der Waals surface area contributed by atoms with Crippen molar-refractivity contribution in [2.45, 2.75) is 19.4 Å². The topological polar surface area (TPSA) is 46.9 Å². The zero-order valence-corrected chi connectivity index (χ0v) is 10.4. The summed E-state index contributed by atoms with van der Waals surface area (Å²) in [4.78, 5) is 0. The number of hydrogen-bond donors (Lipinski definition) is 1. The summed E-state index contributed by atoms with van der Waals surface area (Å²) in [5.74, 6) is 0.715. The molecule has 2 unspecified atom stereocenters. The van der Waals surface area contributed by atoms with E-state index in [9.17, 15) is 4.21 Å². The van der Waals surface area contributed by atoms with Gasteiger partial charge in [0.25, 0.3) is 0 Å². The quantitative estimate of drug-likeness (QED) is 0.764. The number of aryl methyl sites for hydroxylation is 1. The molecule has 0 saturated carbocycles. The Balaban J connectivity index is 2.18.